The number of rotatable bonds is 5. The number of aromatic carboxylic acids is 1. The molecule has 3 rings (SSSR count). The number of benzene rings is 2. The van der Waals surface area contributed by atoms with Gasteiger partial charge in [0.25, 0.3) is 0 Å². The minimum Gasteiger partial charge on any atom is -0.545 e. The number of hydrogen-bond acceptors (Lipinski definition) is 8. The zero-order valence-electron chi connectivity index (χ0n) is 15.1. The van der Waals surface area contributed by atoms with Crippen molar-refractivity contribution in [2.24, 2.45) is 0 Å². The van der Waals surface area contributed by atoms with Crippen LogP contribution in [0.15, 0.2) is 48.5 Å². The molecule has 5 atom stereocenters. The topological polar surface area (TPSA) is 140 Å². The van der Waals surface area contributed by atoms with E-state index < -0.39 is 43.3 Å². The first kappa shape index (κ1) is 22.8. The fourth-order valence-electron chi connectivity index (χ4n) is 2.85. The number of carboxylic acids is 1. The molecule has 9 heteroatoms. The average Bonchev–Trinajstić information content (AvgIpc) is 2.68. The van der Waals surface area contributed by atoms with Crippen molar-refractivity contribution in [3.63, 3.8) is 0 Å². The van der Waals surface area contributed by atoms with Gasteiger partial charge in [-0.2, -0.15) is 0 Å². The van der Waals surface area contributed by atoms with E-state index in [2.05, 4.69) is 0 Å². The molecule has 1 aliphatic heterocycles. The molecule has 144 valence electrons. The maximum atomic E-state index is 10.8. The molecule has 1 saturated heterocycles. The molecule has 1 heterocycles. The zero-order valence-corrected chi connectivity index (χ0v) is 17.1. The molecule has 4 N–H and O–H groups in total. The SMILES string of the molecule is O=C([O-])c1ccc(-c2cccc(O[C@H]3O[C@H](CO)[C@@H](O)[C@H](O)[C@@H]3O)c2)cc1.[Na+]. The molecule has 2 aromatic rings. The first-order chi connectivity index (χ1) is 12.9. The Morgan fingerprint density at radius 1 is 1.00 bits per heavy atom. The summed E-state index contributed by atoms with van der Waals surface area (Å²) in [5.41, 5.74) is 1.52. The third-order valence-corrected chi connectivity index (χ3v) is 4.39. The molecule has 0 amide bonds. The smallest absolute Gasteiger partial charge is 0.545 e. The van der Waals surface area contributed by atoms with E-state index in [0.29, 0.717) is 5.75 Å². The maximum absolute atomic E-state index is 10.8. The number of aliphatic hydroxyl groups excluding tert-OH is 4. The van der Waals surface area contributed by atoms with Gasteiger partial charge in [-0.3, -0.25) is 0 Å². The summed E-state index contributed by atoms with van der Waals surface area (Å²) in [5, 5.41) is 49.7. The van der Waals surface area contributed by atoms with Crippen molar-refractivity contribution < 1.29 is 69.4 Å². The summed E-state index contributed by atoms with van der Waals surface area (Å²) in [6.45, 7) is -0.546. The van der Waals surface area contributed by atoms with Gasteiger partial charge >= 0.3 is 29.6 Å². The Balaban J connectivity index is 0.00000280. The number of carbonyl (C=O) groups is 1. The summed E-state index contributed by atoms with van der Waals surface area (Å²) in [6.07, 6.45) is -6.83. The van der Waals surface area contributed by atoms with E-state index in [1.54, 1.807) is 36.4 Å². The second-order valence-corrected chi connectivity index (χ2v) is 6.21. The van der Waals surface area contributed by atoms with Gasteiger partial charge in [0.05, 0.1) is 12.6 Å². The third-order valence-electron chi connectivity index (χ3n) is 4.39. The molecule has 0 aliphatic carbocycles. The fourth-order valence-corrected chi connectivity index (χ4v) is 2.85. The Kier molecular flexibility index (Phi) is 7.99. The third kappa shape index (κ3) is 4.91. The Labute approximate surface area is 183 Å². The predicted molar refractivity (Wildman–Crippen MR) is 90.6 cm³/mol. The van der Waals surface area contributed by atoms with Gasteiger partial charge < -0.3 is 39.8 Å². The van der Waals surface area contributed by atoms with Crippen LogP contribution in [0, 0.1) is 0 Å². The zero-order chi connectivity index (χ0) is 19.6. The average molecular weight is 398 g/mol. The molecule has 0 bridgehead atoms. The van der Waals surface area contributed by atoms with Crippen LogP contribution in [0.4, 0.5) is 0 Å². The van der Waals surface area contributed by atoms with E-state index in [4.69, 9.17) is 9.47 Å². The Morgan fingerprint density at radius 3 is 2.29 bits per heavy atom. The monoisotopic (exact) mass is 398 g/mol. The van der Waals surface area contributed by atoms with Gasteiger partial charge in [0, 0.05) is 0 Å². The molecule has 0 spiro atoms. The van der Waals surface area contributed by atoms with Crippen molar-refractivity contribution in [3.8, 4) is 16.9 Å². The largest absolute Gasteiger partial charge is 1.00 e. The van der Waals surface area contributed by atoms with Gasteiger partial charge in [-0.15, -0.1) is 0 Å². The van der Waals surface area contributed by atoms with Crippen LogP contribution in [0.5, 0.6) is 5.75 Å². The molecule has 0 radical (unpaired) electrons. The Bertz CT molecular complexity index is 795. The Hall–Kier alpha value is -1.49. The molecule has 1 aliphatic rings. The van der Waals surface area contributed by atoms with Crippen LogP contribution in [0.2, 0.25) is 0 Å². The first-order valence-corrected chi connectivity index (χ1v) is 8.29. The summed E-state index contributed by atoms with van der Waals surface area (Å²) >= 11 is 0. The maximum Gasteiger partial charge on any atom is 1.00 e. The van der Waals surface area contributed by atoms with Gasteiger partial charge in [-0.1, -0.05) is 36.4 Å². The van der Waals surface area contributed by atoms with Crippen LogP contribution in [0.3, 0.4) is 0 Å². The first-order valence-electron chi connectivity index (χ1n) is 8.29. The standard InChI is InChI=1S/C19H20O8.Na/c20-9-14-15(21)16(22)17(23)19(27-14)26-13-3-1-2-12(8-13)10-4-6-11(7-5-10)18(24)25;/h1-8,14-17,19-23H,9H2,(H,24,25);/q;+1/p-1/t14-,15-,16+,17+,19+;/m1./s1. The van der Waals surface area contributed by atoms with Gasteiger partial charge in [0.1, 0.15) is 30.2 Å². The van der Waals surface area contributed by atoms with Crippen LogP contribution in [0.1, 0.15) is 10.4 Å². The van der Waals surface area contributed by atoms with Gasteiger partial charge in [-0.25, -0.2) is 0 Å². The molecule has 8 nitrogen and oxygen atoms in total. The van der Waals surface area contributed by atoms with Crippen LogP contribution in [-0.2, 0) is 4.74 Å². The molecular formula is C19H19NaO8. The number of carboxylic acid groups (broad SMARTS) is 1. The van der Waals surface area contributed by atoms with Crippen molar-refractivity contribution >= 4 is 5.97 Å². The second-order valence-electron chi connectivity index (χ2n) is 6.21. The quantitative estimate of drug-likeness (QED) is 0.373. The van der Waals surface area contributed by atoms with E-state index in [1.165, 1.54) is 12.1 Å². The number of aliphatic hydroxyl groups is 4. The molecular weight excluding hydrogens is 379 g/mol. The van der Waals surface area contributed by atoms with E-state index >= 15 is 0 Å². The molecule has 28 heavy (non-hydrogen) atoms. The fraction of sp³-hybridized carbons (Fsp3) is 0.316. The molecule has 0 saturated carbocycles. The molecule has 0 aromatic heterocycles. The van der Waals surface area contributed by atoms with Crippen molar-refractivity contribution in [1.82, 2.24) is 0 Å². The van der Waals surface area contributed by atoms with Gasteiger partial charge in [-0.05, 0) is 28.8 Å². The van der Waals surface area contributed by atoms with E-state index in [-0.39, 0.29) is 35.1 Å². The molecule has 1 fully saturated rings. The molecule has 2 aromatic carbocycles. The summed E-state index contributed by atoms with van der Waals surface area (Å²) in [6, 6.07) is 12.8. The molecule has 0 unspecified atom stereocenters. The van der Waals surface area contributed by atoms with Crippen molar-refractivity contribution in [1.29, 1.82) is 0 Å². The summed E-state index contributed by atoms with van der Waals surface area (Å²) in [4.78, 5) is 10.8. The number of ether oxygens (including phenoxy) is 2. The van der Waals surface area contributed by atoms with Crippen molar-refractivity contribution in [3.05, 3.63) is 54.1 Å². The normalized spacial score (nSPS) is 26.9. The summed E-state index contributed by atoms with van der Waals surface area (Å²) in [5.74, 6) is -0.943. The minimum atomic E-state index is -1.53. The van der Waals surface area contributed by atoms with Crippen molar-refractivity contribution in [2.75, 3.05) is 6.61 Å². The summed E-state index contributed by atoms with van der Waals surface area (Å²) in [7, 11) is 0. The number of hydrogen-bond donors (Lipinski definition) is 4. The van der Waals surface area contributed by atoms with Crippen LogP contribution in [-0.4, -0.2) is 63.7 Å². The minimum absolute atomic E-state index is 0. The number of carbonyl (C=O) groups excluding carboxylic acids is 1. The van der Waals surface area contributed by atoms with E-state index in [1.807, 2.05) is 0 Å². The van der Waals surface area contributed by atoms with Crippen LogP contribution >= 0.6 is 0 Å². The van der Waals surface area contributed by atoms with Crippen LogP contribution in [0.25, 0.3) is 11.1 Å². The van der Waals surface area contributed by atoms with E-state index in [9.17, 15) is 30.3 Å². The van der Waals surface area contributed by atoms with Gasteiger partial charge in [0.2, 0.25) is 6.29 Å². The van der Waals surface area contributed by atoms with E-state index in [0.717, 1.165) is 11.1 Å². The van der Waals surface area contributed by atoms with Crippen LogP contribution < -0.4 is 39.4 Å². The Morgan fingerprint density at radius 2 is 1.68 bits per heavy atom. The van der Waals surface area contributed by atoms with Crippen molar-refractivity contribution in [2.45, 2.75) is 30.7 Å². The summed E-state index contributed by atoms with van der Waals surface area (Å²) < 4.78 is 10.9. The predicted octanol–water partition coefficient (Wildman–Crippen LogP) is -4.10. The van der Waals surface area contributed by atoms with Gasteiger partial charge in [0.15, 0.2) is 0 Å². The second kappa shape index (κ2) is 9.82.